The Bertz CT molecular complexity index is 2360. The molecule has 0 fully saturated rings. The number of hydrogen-bond acceptors (Lipinski definition) is 3. The van der Waals surface area contributed by atoms with E-state index in [1.807, 2.05) is 19.9 Å². The first-order valence-corrected chi connectivity index (χ1v) is 18.5. The topological polar surface area (TPSA) is 55.8 Å². The van der Waals surface area contributed by atoms with Crippen molar-refractivity contribution in [1.82, 2.24) is 4.57 Å². The van der Waals surface area contributed by atoms with Crippen LogP contribution in [0, 0.1) is 29.6 Å². The van der Waals surface area contributed by atoms with Crippen LogP contribution in [0.25, 0.3) is 40.1 Å². The molecule has 4 nitrogen and oxygen atoms in total. The van der Waals surface area contributed by atoms with Gasteiger partial charge in [-0.25, -0.2) is 0 Å². The molecule has 4 aromatic carbocycles. The van der Waals surface area contributed by atoms with Gasteiger partial charge < -0.3 is 9.47 Å². The number of aromatic nitrogens is 1. The smallest absolute Gasteiger partial charge is 0.100 e. The fourth-order valence-corrected chi connectivity index (χ4v) is 8.08. The van der Waals surface area contributed by atoms with E-state index in [0.29, 0.717) is 17.6 Å². The molecule has 0 N–H and O–H groups in total. The lowest BCUT2D eigenvalue weighted by Gasteiger charge is -2.35. The number of anilines is 2. The van der Waals surface area contributed by atoms with Gasteiger partial charge in [-0.1, -0.05) is 137 Å². The zero-order chi connectivity index (χ0) is 37.9. The van der Waals surface area contributed by atoms with Gasteiger partial charge in [-0.2, -0.15) is 10.5 Å². The fourth-order valence-electron chi connectivity index (χ4n) is 8.08. The van der Waals surface area contributed by atoms with Crippen LogP contribution in [-0.4, -0.2) is 10.6 Å². The second-order valence-corrected chi connectivity index (χ2v) is 14.6. The summed E-state index contributed by atoms with van der Waals surface area (Å²) in [5, 5.41) is 20.5. The first-order chi connectivity index (χ1) is 25.6. The number of fused-ring (bicyclic) bond motifs is 1. The van der Waals surface area contributed by atoms with Crippen LogP contribution in [0.1, 0.15) is 81.1 Å². The van der Waals surface area contributed by atoms with E-state index in [9.17, 15) is 10.5 Å². The molecule has 0 spiro atoms. The number of nitriles is 2. The van der Waals surface area contributed by atoms with Gasteiger partial charge in [-0.15, -0.1) is 0 Å². The van der Waals surface area contributed by atoms with E-state index < -0.39 is 0 Å². The minimum atomic E-state index is -0.185. The van der Waals surface area contributed by atoms with Gasteiger partial charge in [0.05, 0.1) is 11.6 Å². The summed E-state index contributed by atoms with van der Waals surface area (Å²) in [6, 6.07) is 36.7. The van der Waals surface area contributed by atoms with Gasteiger partial charge in [-0.05, 0) is 69.0 Å². The first-order valence-electron chi connectivity index (χ1n) is 18.5. The van der Waals surface area contributed by atoms with Crippen molar-refractivity contribution in [3.8, 4) is 40.1 Å². The molecule has 0 amide bonds. The SMILES string of the molecule is C=Cc1c(/C=C\C(=C)C)c(C)n(-c2cccc(-c3cccc(-c4ccccc4N4c5ccccc5C(C)(C)C4C/C=C(\C)C#N)c3C#N)c2)c1CCC. The Morgan fingerprint density at radius 2 is 1.55 bits per heavy atom. The van der Waals surface area contributed by atoms with Crippen LogP contribution in [0.4, 0.5) is 11.4 Å². The normalized spacial score (nSPS) is 14.9. The number of allylic oxidation sites excluding steroid dienone is 3. The summed E-state index contributed by atoms with van der Waals surface area (Å²) < 4.78 is 2.35. The molecule has 0 bridgehead atoms. The third-order valence-electron chi connectivity index (χ3n) is 10.7. The highest BCUT2D eigenvalue weighted by Crippen LogP contribution is 2.52. The van der Waals surface area contributed by atoms with Crippen LogP contribution < -0.4 is 4.90 Å². The van der Waals surface area contributed by atoms with Crippen LogP contribution in [0.3, 0.4) is 0 Å². The van der Waals surface area contributed by atoms with Crippen molar-refractivity contribution in [2.75, 3.05) is 4.90 Å². The van der Waals surface area contributed by atoms with Crippen molar-refractivity contribution in [1.29, 1.82) is 10.5 Å². The molecule has 1 aliphatic heterocycles. The molecule has 53 heavy (non-hydrogen) atoms. The molecule has 264 valence electrons. The molecule has 4 heteroatoms. The van der Waals surface area contributed by atoms with E-state index in [1.54, 1.807) is 0 Å². The Balaban J connectivity index is 1.51. The number of hydrogen-bond donors (Lipinski definition) is 0. The van der Waals surface area contributed by atoms with Crippen LogP contribution >= 0.6 is 0 Å². The van der Waals surface area contributed by atoms with Crippen LogP contribution in [0.15, 0.2) is 127 Å². The standard InChI is InChI=1S/C49H48N4/c1-9-17-45-38(10-2)39(28-26-33(3)4)35(6)52(45)37-19-15-18-36(30-37)40-21-16-22-41(43(40)32-51)42-20-11-13-24-46(42)53-47-25-14-12-23-44(47)49(7,8)48(53)29-27-34(5)31-50/h10-16,18-28,30,48H,2-3,9,17,29H2,1,4-8H3/b28-26-,34-27+. The largest absolute Gasteiger partial charge is 0.336 e. The van der Waals surface area contributed by atoms with E-state index >= 15 is 0 Å². The highest BCUT2D eigenvalue weighted by Gasteiger charge is 2.45. The van der Waals surface area contributed by atoms with Crippen molar-refractivity contribution < 1.29 is 0 Å². The molecule has 1 aliphatic rings. The summed E-state index contributed by atoms with van der Waals surface area (Å²) in [7, 11) is 0. The average Bonchev–Trinajstić information content (AvgIpc) is 3.57. The quantitative estimate of drug-likeness (QED) is 0.102. The van der Waals surface area contributed by atoms with Gasteiger partial charge in [0.25, 0.3) is 0 Å². The molecule has 0 saturated carbocycles. The van der Waals surface area contributed by atoms with Crippen molar-refractivity contribution in [3.63, 3.8) is 0 Å². The van der Waals surface area contributed by atoms with E-state index in [2.05, 4.69) is 172 Å². The third-order valence-corrected chi connectivity index (χ3v) is 10.7. The molecule has 2 heterocycles. The minimum Gasteiger partial charge on any atom is -0.336 e. The van der Waals surface area contributed by atoms with Crippen molar-refractivity contribution in [3.05, 3.63) is 161 Å². The van der Waals surface area contributed by atoms with Gasteiger partial charge in [0, 0.05) is 73.3 Å². The molecular formula is C49H48N4. The number of para-hydroxylation sites is 2. The summed E-state index contributed by atoms with van der Waals surface area (Å²) >= 11 is 0. The summed E-state index contributed by atoms with van der Waals surface area (Å²) in [4.78, 5) is 2.43. The third kappa shape index (κ3) is 6.70. The molecule has 1 unspecified atom stereocenters. The van der Waals surface area contributed by atoms with Crippen LogP contribution in [0.2, 0.25) is 0 Å². The van der Waals surface area contributed by atoms with Gasteiger partial charge in [-0.3, -0.25) is 0 Å². The maximum atomic E-state index is 10.9. The van der Waals surface area contributed by atoms with Crippen molar-refractivity contribution in [2.45, 2.75) is 72.3 Å². The number of benzene rings is 4. The molecule has 0 aliphatic carbocycles. The Kier molecular flexibility index (Phi) is 10.6. The lowest BCUT2D eigenvalue weighted by atomic mass is 9.79. The fraction of sp³-hybridized carbons (Fsp3) is 0.224. The number of nitrogens with zero attached hydrogens (tertiary/aromatic N) is 4. The van der Waals surface area contributed by atoms with Gasteiger partial charge in [0.15, 0.2) is 0 Å². The molecular weight excluding hydrogens is 645 g/mol. The van der Waals surface area contributed by atoms with E-state index in [4.69, 9.17) is 0 Å². The zero-order valence-corrected chi connectivity index (χ0v) is 31.9. The predicted octanol–water partition coefficient (Wildman–Crippen LogP) is 12.8. The van der Waals surface area contributed by atoms with Crippen LogP contribution in [-0.2, 0) is 11.8 Å². The van der Waals surface area contributed by atoms with Crippen LogP contribution in [0.5, 0.6) is 0 Å². The Morgan fingerprint density at radius 1 is 0.868 bits per heavy atom. The Hall–Kier alpha value is -6.10. The highest BCUT2D eigenvalue weighted by molar-refractivity contribution is 5.91. The summed E-state index contributed by atoms with van der Waals surface area (Å²) in [6.45, 7) is 21.1. The number of rotatable bonds is 11. The molecule has 0 radical (unpaired) electrons. The zero-order valence-electron chi connectivity index (χ0n) is 31.9. The van der Waals surface area contributed by atoms with Gasteiger partial charge in [0.1, 0.15) is 6.07 Å². The maximum Gasteiger partial charge on any atom is 0.100 e. The second kappa shape index (κ2) is 15.2. The highest BCUT2D eigenvalue weighted by atomic mass is 15.2. The maximum absolute atomic E-state index is 10.9. The lowest BCUT2D eigenvalue weighted by molar-refractivity contribution is 0.437. The molecule has 0 saturated heterocycles. The first kappa shape index (κ1) is 36.7. The summed E-state index contributed by atoms with van der Waals surface area (Å²) in [5.41, 5.74) is 15.1. The lowest BCUT2D eigenvalue weighted by Crippen LogP contribution is -2.38. The Labute approximate surface area is 316 Å². The van der Waals surface area contributed by atoms with Crippen molar-refractivity contribution >= 4 is 23.5 Å². The predicted molar refractivity (Wildman–Crippen MR) is 223 cm³/mol. The van der Waals surface area contributed by atoms with E-state index in [0.717, 1.165) is 74.6 Å². The monoisotopic (exact) mass is 692 g/mol. The van der Waals surface area contributed by atoms with E-state index in [1.165, 1.54) is 11.3 Å². The summed E-state index contributed by atoms with van der Waals surface area (Å²) in [5.74, 6) is 0. The molecule has 1 atom stereocenters. The average molecular weight is 693 g/mol. The minimum absolute atomic E-state index is 0.0625. The molecule has 6 rings (SSSR count). The molecule has 5 aromatic rings. The molecule has 1 aromatic heterocycles. The summed E-state index contributed by atoms with van der Waals surface area (Å²) in [6.07, 6.45) is 10.9. The van der Waals surface area contributed by atoms with Crippen molar-refractivity contribution in [2.24, 2.45) is 0 Å². The second-order valence-electron chi connectivity index (χ2n) is 14.6. The van der Waals surface area contributed by atoms with Gasteiger partial charge in [0.2, 0.25) is 0 Å². The van der Waals surface area contributed by atoms with Gasteiger partial charge >= 0.3 is 0 Å². The van der Waals surface area contributed by atoms with E-state index in [-0.39, 0.29) is 11.5 Å². The Morgan fingerprint density at radius 3 is 2.25 bits per heavy atom.